The lowest BCUT2D eigenvalue weighted by Crippen LogP contribution is -2.04. The summed E-state index contributed by atoms with van der Waals surface area (Å²) in [4.78, 5) is 12.1. The lowest BCUT2D eigenvalue weighted by atomic mass is 10.2. The Hall–Kier alpha value is -2.08. The Morgan fingerprint density at radius 2 is 2.05 bits per heavy atom. The minimum absolute atomic E-state index is 0.0994. The molecule has 2 aromatic rings. The van der Waals surface area contributed by atoms with Gasteiger partial charge in [-0.05, 0) is 25.1 Å². The van der Waals surface area contributed by atoms with Crippen molar-refractivity contribution >= 4 is 17.5 Å². The number of hydrogen-bond donors (Lipinski definition) is 1. The van der Waals surface area contributed by atoms with Crippen molar-refractivity contribution in [3.8, 4) is 23.1 Å². The predicted molar refractivity (Wildman–Crippen MR) is 72.4 cm³/mol. The molecule has 1 aromatic carbocycles. The van der Waals surface area contributed by atoms with Gasteiger partial charge in [0.1, 0.15) is 5.75 Å². The van der Waals surface area contributed by atoms with E-state index in [-0.39, 0.29) is 12.0 Å². The summed E-state index contributed by atoms with van der Waals surface area (Å²) >= 11 is 5.97. The highest BCUT2D eigenvalue weighted by Crippen LogP contribution is 2.29. The van der Waals surface area contributed by atoms with Gasteiger partial charge in [-0.2, -0.15) is 15.0 Å². The number of nitrogen functional groups attached to an aromatic ring is 1. The van der Waals surface area contributed by atoms with Gasteiger partial charge in [0.05, 0.1) is 18.7 Å². The lowest BCUT2D eigenvalue weighted by molar-refractivity contribution is 0.312. The topological polar surface area (TPSA) is 83.2 Å². The van der Waals surface area contributed by atoms with Crippen molar-refractivity contribution in [2.24, 2.45) is 0 Å². The normalized spacial score (nSPS) is 10.3. The molecule has 0 bridgehead atoms. The number of anilines is 1. The fourth-order valence-electron chi connectivity index (χ4n) is 1.49. The minimum Gasteiger partial charge on any atom is -0.495 e. The smallest absolute Gasteiger partial charge is 0.321 e. The highest BCUT2D eigenvalue weighted by molar-refractivity contribution is 6.32. The molecule has 19 heavy (non-hydrogen) atoms. The summed E-state index contributed by atoms with van der Waals surface area (Å²) in [6, 6.07) is 5.40. The van der Waals surface area contributed by atoms with Crippen molar-refractivity contribution in [1.82, 2.24) is 15.0 Å². The fraction of sp³-hybridized carbons (Fsp3) is 0.250. The zero-order valence-corrected chi connectivity index (χ0v) is 11.3. The van der Waals surface area contributed by atoms with Crippen molar-refractivity contribution in [1.29, 1.82) is 0 Å². The van der Waals surface area contributed by atoms with Gasteiger partial charge in [-0.25, -0.2) is 0 Å². The maximum absolute atomic E-state index is 5.97. The second kappa shape index (κ2) is 5.71. The average molecular weight is 281 g/mol. The number of aromatic nitrogens is 3. The number of nitrogens with zero attached hydrogens (tertiary/aromatic N) is 3. The molecule has 0 radical (unpaired) electrons. The molecule has 2 rings (SSSR count). The number of hydrogen-bond acceptors (Lipinski definition) is 6. The summed E-state index contributed by atoms with van der Waals surface area (Å²) < 4.78 is 10.4. The largest absolute Gasteiger partial charge is 0.495 e. The minimum atomic E-state index is 0.0994. The van der Waals surface area contributed by atoms with Crippen LogP contribution in [0.3, 0.4) is 0 Å². The van der Waals surface area contributed by atoms with Crippen molar-refractivity contribution in [3.05, 3.63) is 23.2 Å². The van der Waals surface area contributed by atoms with Crippen molar-refractivity contribution in [3.63, 3.8) is 0 Å². The van der Waals surface area contributed by atoms with Gasteiger partial charge in [0, 0.05) is 5.56 Å². The molecule has 1 heterocycles. The van der Waals surface area contributed by atoms with E-state index < -0.39 is 0 Å². The molecule has 2 N–H and O–H groups in total. The SMILES string of the molecule is CCOc1nc(N)nc(-c2ccc(Cl)c(OC)c2)n1. The van der Waals surface area contributed by atoms with Gasteiger partial charge >= 0.3 is 6.01 Å². The van der Waals surface area contributed by atoms with E-state index in [9.17, 15) is 0 Å². The molecular formula is C12H13ClN4O2. The van der Waals surface area contributed by atoms with Crippen LogP contribution in [0.4, 0.5) is 5.95 Å². The molecule has 0 amide bonds. The van der Waals surface area contributed by atoms with Gasteiger partial charge < -0.3 is 15.2 Å². The van der Waals surface area contributed by atoms with Gasteiger partial charge in [-0.15, -0.1) is 0 Å². The van der Waals surface area contributed by atoms with E-state index in [1.54, 1.807) is 25.3 Å². The standard InChI is InChI=1S/C12H13ClN4O2/c1-3-19-12-16-10(15-11(14)17-12)7-4-5-8(13)9(6-7)18-2/h4-6H,3H2,1-2H3,(H2,14,15,16,17). The van der Waals surface area contributed by atoms with Crippen molar-refractivity contribution in [2.75, 3.05) is 19.5 Å². The molecule has 100 valence electrons. The molecule has 0 aliphatic carbocycles. The molecule has 0 atom stereocenters. The Balaban J connectivity index is 2.46. The number of nitrogens with two attached hydrogens (primary N) is 1. The summed E-state index contributed by atoms with van der Waals surface area (Å²) in [6.07, 6.45) is 0. The number of benzene rings is 1. The third kappa shape index (κ3) is 3.03. The Morgan fingerprint density at radius 1 is 1.26 bits per heavy atom. The Morgan fingerprint density at radius 3 is 2.74 bits per heavy atom. The molecule has 0 saturated carbocycles. The van der Waals surface area contributed by atoms with Crippen LogP contribution in [0.5, 0.6) is 11.8 Å². The van der Waals surface area contributed by atoms with Crippen LogP contribution in [-0.2, 0) is 0 Å². The first-order valence-electron chi connectivity index (χ1n) is 5.62. The van der Waals surface area contributed by atoms with Crippen LogP contribution in [0.2, 0.25) is 5.02 Å². The Bertz CT molecular complexity index is 592. The molecule has 1 aromatic heterocycles. The first-order chi connectivity index (χ1) is 9.13. The van der Waals surface area contributed by atoms with E-state index in [1.165, 1.54) is 0 Å². The van der Waals surface area contributed by atoms with Gasteiger partial charge in [0.2, 0.25) is 5.95 Å². The van der Waals surface area contributed by atoms with E-state index in [0.717, 1.165) is 5.56 Å². The molecular weight excluding hydrogens is 268 g/mol. The molecule has 0 unspecified atom stereocenters. The summed E-state index contributed by atoms with van der Waals surface area (Å²) in [5.74, 6) is 1.05. The number of rotatable bonds is 4. The Labute approximate surface area is 115 Å². The quantitative estimate of drug-likeness (QED) is 0.924. The van der Waals surface area contributed by atoms with Crippen LogP contribution in [0, 0.1) is 0 Å². The molecule has 6 nitrogen and oxygen atoms in total. The van der Waals surface area contributed by atoms with Crippen molar-refractivity contribution < 1.29 is 9.47 Å². The van der Waals surface area contributed by atoms with Crippen LogP contribution in [0.25, 0.3) is 11.4 Å². The van der Waals surface area contributed by atoms with Crippen LogP contribution in [0.1, 0.15) is 6.92 Å². The molecule has 0 fully saturated rings. The highest BCUT2D eigenvalue weighted by atomic mass is 35.5. The van der Waals surface area contributed by atoms with E-state index in [4.69, 9.17) is 26.8 Å². The maximum Gasteiger partial charge on any atom is 0.321 e. The maximum atomic E-state index is 5.97. The third-order valence-corrected chi connectivity index (χ3v) is 2.63. The first-order valence-corrected chi connectivity index (χ1v) is 6.00. The number of methoxy groups -OCH3 is 1. The number of halogens is 1. The van der Waals surface area contributed by atoms with Crippen molar-refractivity contribution in [2.45, 2.75) is 6.92 Å². The van der Waals surface area contributed by atoms with E-state index in [1.807, 2.05) is 6.92 Å². The second-order valence-corrected chi connectivity index (χ2v) is 3.99. The highest BCUT2D eigenvalue weighted by Gasteiger charge is 2.10. The van der Waals surface area contributed by atoms with Gasteiger partial charge in [0.15, 0.2) is 5.82 Å². The predicted octanol–water partition coefficient (Wildman–Crippen LogP) is 2.18. The van der Waals surface area contributed by atoms with Crippen LogP contribution >= 0.6 is 11.6 Å². The zero-order chi connectivity index (χ0) is 13.8. The van der Waals surface area contributed by atoms with Crippen LogP contribution in [-0.4, -0.2) is 28.7 Å². The van der Waals surface area contributed by atoms with Crippen LogP contribution < -0.4 is 15.2 Å². The van der Waals surface area contributed by atoms with E-state index in [2.05, 4.69) is 15.0 Å². The molecule has 0 aliphatic heterocycles. The second-order valence-electron chi connectivity index (χ2n) is 3.58. The van der Waals surface area contributed by atoms with Crippen LogP contribution in [0.15, 0.2) is 18.2 Å². The van der Waals surface area contributed by atoms with Gasteiger partial charge in [-0.3, -0.25) is 0 Å². The zero-order valence-electron chi connectivity index (χ0n) is 10.6. The molecule has 0 aliphatic rings. The van der Waals surface area contributed by atoms with E-state index in [0.29, 0.717) is 23.2 Å². The fourth-order valence-corrected chi connectivity index (χ4v) is 1.69. The molecule has 0 saturated heterocycles. The summed E-state index contributed by atoms with van der Waals surface area (Å²) in [6.45, 7) is 2.29. The Kier molecular flexibility index (Phi) is 4.01. The lowest BCUT2D eigenvalue weighted by Gasteiger charge is -2.07. The summed E-state index contributed by atoms with van der Waals surface area (Å²) in [7, 11) is 1.54. The molecule has 0 spiro atoms. The number of ether oxygens (including phenoxy) is 2. The van der Waals surface area contributed by atoms with E-state index >= 15 is 0 Å². The van der Waals surface area contributed by atoms with Gasteiger partial charge in [-0.1, -0.05) is 11.6 Å². The van der Waals surface area contributed by atoms with Gasteiger partial charge in [0.25, 0.3) is 0 Å². The average Bonchev–Trinajstić information content (AvgIpc) is 2.39. The summed E-state index contributed by atoms with van der Waals surface area (Å²) in [5, 5.41) is 0.512. The monoisotopic (exact) mass is 280 g/mol. The molecule has 7 heteroatoms. The third-order valence-electron chi connectivity index (χ3n) is 2.31. The summed E-state index contributed by atoms with van der Waals surface area (Å²) in [5.41, 5.74) is 6.35. The first kappa shape index (κ1) is 13.4.